The Labute approximate surface area is 253 Å². The lowest BCUT2D eigenvalue weighted by Crippen LogP contribution is -1.97. The molecule has 0 bridgehead atoms. The lowest BCUT2D eigenvalue weighted by atomic mass is 9.90. The summed E-state index contributed by atoms with van der Waals surface area (Å²) in [7, 11) is 0. The summed E-state index contributed by atoms with van der Waals surface area (Å²) in [5, 5.41) is 1.29. The molecule has 0 spiro atoms. The van der Waals surface area contributed by atoms with Gasteiger partial charge in [-0.1, -0.05) is 105 Å². The van der Waals surface area contributed by atoms with Crippen LogP contribution in [0.5, 0.6) is 0 Å². The Balaban J connectivity index is 1.31. The van der Waals surface area contributed by atoms with E-state index in [1.807, 2.05) is 36.4 Å². The summed E-state index contributed by atoms with van der Waals surface area (Å²) in [5.74, 6) is 0.718. The molecule has 7 rings (SSSR count). The first-order chi connectivity index (χ1) is 21.2. The minimum atomic E-state index is 0.718. The molecule has 0 saturated heterocycles. The number of fused-ring (bicyclic) bond motifs is 1. The molecule has 0 atom stereocenters. The number of nitrogens with zero attached hydrogens (tertiary/aromatic N) is 3. The molecule has 208 valence electrons. The molecular formula is C40H33N3. The van der Waals surface area contributed by atoms with Crippen molar-refractivity contribution in [3.05, 3.63) is 151 Å². The van der Waals surface area contributed by atoms with Crippen molar-refractivity contribution < 1.29 is 0 Å². The molecule has 0 radical (unpaired) electrons. The molecule has 0 unspecified atom stereocenters. The van der Waals surface area contributed by atoms with Crippen molar-refractivity contribution in [3.8, 4) is 50.7 Å². The molecule has 0 aliphatic rings. The summed E-state index contributed by atoms with van der Waals surface area (Å²) in [6.07, 6.45) is 4.20. The first-order valence-electron chi connectivity index (χ1n) is 15.1. The summed E-state index contributed by atoms with van der Waals surface area (Å²) in [6.45, 7) is 4.48. The van der Waals surface area contributed by atoms with Crippen molar-refractivity contribution in [1.82, 2.24) is 14.5 Å². The Morgan fingerprint density at radius 1 is 0.535 bits per heavy atom. The zero-order chi connectivity index (χ0) is 29.2. The van der Waals surface area contributed by atoms with Crippen molar-refractivity contribution in [1.29, 1.82) is 0 Å². The highest BCUT2D eigenvalue weighted by molar-refractivity contribution is 5.99. The quantitative estimate of drug-likeness (QED) is 0.196. The van der Waals surface area contributed by atoms with Crippen molar-refractivity contribution >= 4 is 10.9 Å². The van der Waals surface area contributed by atoms with Gasteiger partial charge in [0.15, 0.2) is 5.82 Å². The van der Waals surface area contributed by atoms with Crippen LogP contribution in [-0.2, 0) is 12.8 Å². The minimum Gasteiger partial charge on any atom is -0.317 e. The second-order valence-corrected chi connectivity index (χ2v) is 10.8. The van der Waals surface area contributed by atoms with Crippen LogP contribution in [-0.4, -0.2) is 14.5 Å². The maximum Gasteiger partial charge on any atom is 0.160 e. The van der Waals surface area contributed by atoms with Gasteiger partial charge in [0.1, 0.15) is 0 Å². The summed E-state index contributed by atoms with van der Waals surface area (Å²) >= 11 is 0. The van der Waals surface area contributed by atoms with E-state index in [0.717, 1.165) is 52.4 Å². The maximum atomic E-state index is 5.00. The van der Waals surface area contributed by atoms with Crippen LogP contribution in [0, 0.1) is 0 Å². The smallest absolute Gasteiger partial charge is 0.160 e. The normalized spacial score (nSPS) is 11.2. The van der Waals surface area contributed by atoms with Crippen LogP contribution < -0.4 is 0 Å². The van der Waals surface area contributed by atoms with E-state index in [1.54, 1.807) is 0 Å². The van der Waals surface area contributed by atoms with Gasteiger partial charge in [-0.2, -0.15) is 0 Å². The monoisotopic (exact) mass is 555 g/mol. The number of hydrogen-bond donors (Lipinski definition) is 0. The predicted molar refractivity (Wildman–Crippen MR) is 179 cm³/mol. The van der Waals surface area contributed by atoms with Crippen molar-refractivity contribution in [2.24, 2.45) is 0 Å². The largest absolute Gasteiger partial charge is 0.317 e. The first kappa shape index (κ1) is 26.6. The van der Waals surface area contributed by atoms with E-state index in [2.05, 4.69) is 122 Å². The molecule has 3 heteroatoms. The van der Waals surface area contributed by atoms with Crippen molar-refractivity contribution in [2.45, 2.75) is 26.7 Å². The van der Waals surface area contributed by atoms with E-state index < -0.39 is 0 Å². The van der Waals surface area contributed by atoms with E-state index >= 15 is 0 Å². The van der Waals surface area contributed by atoms with Crippen LogP contribution in [0.2, 0.25) is 0 Å². The molecule has 3 nitrogen and oxygen atoms in total. The second-order valence-electron chi connectivity index (χ2n) is 10.8. The van der Waals surface area contributed by atoms with Gasteiger partial charge >= 0.3 is 0 Å². The van der Waals surface area contributed by atoms with Crippen LogP contribution in [0.3, 0.4) is 0 Å². The summed E-state index contributed by atoms with van der Waals surface area (Å²) in [5.41, 5.74) is 12.7. The fourth-order valence-electron chi connectivity index (χ4n) is 6.03. The number of hydrogen-bond acceptors (Lipinski definition) is 2. The van der Waals surface area contributed by atoms with E-state index in [9.17, 15) is 0 Å². The van der Waals surface area contributed by atoms with Gasteiger partial charge in [0.05, 0.1) is 16.9 Å². The fraction of sp³-hybridized carbons (Fsp3) is 0.100. The molecule has 2 heterocycles. The van der Waals surface area contributed by atoms with Gasteiger partial charge in [0.2, 0.25) is 0 Å². The average Bonchev–Trinajstić information content (AvgIpc) is 3.52. The highest BCUT2D eigenvalue weighted by atomic mass is 15.0. The number of aryl methyl sites for hydroxylation is 2. The van der Waals surface area contributed by atoms with Crippen LogP contribution in [0.4, 0.5) is 0 Å². The van der Waals surface area contributed by atoms with Gasteiger partial charge in [0, 0.05) is 34.0 Å². The Kier molecular flexibility index (Phi) is 7.14. The Bertz CT molecular complexity index is 1960. The Morgan fingerprint density at radius 2 is 1.14 bits per heavy atom. The number of aromatic nitrogens is 3. The number of benzene rings is 5. The van der Waals surface area contributed by atoms with Crippen LogP contribution in [0.25, 0.3) is 61.6 Å². The average molecular weight is 556 g/mol. The van der Waals surface area contributed by atoms with Gasteiger partial charge in [-0.25, -0.2) is 9.97 Å². The standard InChI is InChI=1S/C40H33N3/c1-3-28-13-11-12-18-34(28)39-29(4-2)21-24-38-35(39)25-26-43(38)33-22-19-32(20-23-33)40-41-36(30-14-7-5-8-15-30)27-37(42-40)31-16-9-6-10-17-31/h5-27H,3-4H2,1-2H3. The molecule has 5 aromatic carbocycles. The molecule has 0 aliphatic heterocycles. The zero-order valence-electron chi connectivity index (χ0n) is 24.5. The lowest BCUT2D eigenvalue weighted by Gasteiger charge is -2.15. The third-order valence-corrected chi connectivity index (χ3v) is 8.28. The van der Waals surface area contributed by atoms with Crippen molar-refractivity contribution in [3.63, 3.8) is 0 Å². The molecule has 43 heavy (non-hydrogen) atoms. The summed E-state index contributed by atoms with van der Waals surface area (Å²) < 4.78 is 2.28. The van der Waals surface area contributed by atoms with Gasteiger partial charge < -0.3 is 4.57 Å². The van der Waals surface area contributed by atoms with E-state index in [0.29, 0.717) is 0 Å². The van der Waals surface area contributed by atoms with Crippen LogP contribution in [0.1, 0.15) is 25.0 Å². The molecule has 0 saturated carbocycles. The predicted octanol–water partition coefficient (Wildman–Crippen LogP) is 10.2. The summed E-state index contributed by atoms with van der Waals surface area (Å²) in [6, 6.07) is 47.0. The third-order valence-electron chi connectivity index (χ3n) is 8.28. The topological polar surface area (TPSA) is 30.7 Å². The van der Waals surface area contributed by atoms with Gasteiger partial charge in [-0.15, -0.1) is 0 Å². The van der Waals surface area contributed by atoms with E-state index in [4.69, 9.17) is 9.97 Å². The molecule has 0 aliphatic carbocycles. The van der Waals surface area contributed by atoms with Gasteiger partial charge in [0.25, 0.3) is 0 Å². The molecule has 0 fully saturated rings. The number of rotatable bonds is 7. The minimum absolute atomic E-state index is 0.718. The zero-order valence-corrected chi connectivity index (χ0v) is 24.5. The first-order valence-corrected chi connectivity index (χ1v) is 15.1. The third kappa shape index (κ3) is 5.04. The Morgan fingerprint density at radius 3 is 1.77 bits per heavy atom. The van der Waals surface area contributed by atoms with Gasteiger partial charge in [-0.05, 0) is 77.6 Å². The molecular weight excluding hydrogens is 522 g/mol. The van der Waals surface area contributed by atoms with Crippen LogP contribution in [0.15, 0.2) is 140 Å². The molecule has 2 aromatic heterocycles. The molecule has 7 aromatic rings. The van der Waals surface area contributed by atoms with Crippen molar-refractivity contribution in [2.75, 3.05) is 0 Å². The second kappa shape index (κ2) is 11.5. The molecule has 0 N–H and O–H groups in total. The van der Waals surface area contributed by atoms with E-state index in [1.165, 1.54) is 33.2 Å². The SMILES string of the molecule is CCc1ccccc1-c1c(CC)ccc2c1ccn2-c1ccc(-c2nc(-c3ccccc3)cc(-c3ccccc3)n2)cc1. The van der Waals surface area contributed by atoms with Gasteiger partial charge in [-0.3, -0.25) is 0 Å². The maximum absolute atomic E-state index is 5.00. The molecule has 0 amide bonds. The lowest BCUT2D eigenvalue weighted by molar-refractivity contribution is 1.11. The fourth-order valence-corrected chi connectivity index (χ4v) is 6.03. The Hall–Kier alpha value is -5.28. The van der Waals surface area contributed by atoms with Crippen LogP contribution >= 0.6 is 0 Å². The van der Waals surface area contributed by atoms with E-state index in [-0.39, 0.29) is 0 Å². The highest BCUT2D eigenvalue weighted by Gasteiger charge is 2.16. The highest BCUT2D eigenvalue weighted by Crippen LogP contribution is 2.37. The summed E-state index contributed by atoms with van der Waals surface area (Å²) in [4.78, 5) is 10.0.